The van der Waals surface area contributed by atoms with E-state index in [2.05, 4.69) is 27.0 Å². The second-order valence-electron chi connectivity index (χ2n) is 6.86. The molecular formula is C18H29IN4O3. The number of hydrogen-bond acceptors (Lipinski definition) is 4. The molecule has 1 aromatic carbocycles. The van der Waals surface area contributed by atoms with E-state index < -0.39 is 11.7 Å². The largest absolute Gasteiger partial charge is 0.488 e. The zero-order valence-electron chi connectivity index (χ0n) is 15.8. The molecule has 7 nitrogen and oxygen atoms in total. The van der Waals surface area contributed by atoms with E-state index in [1.54, 1.807) is 7.05 Å². The number of fused-ring (bicyclic) bond motifs is 1. The number of hydrogen-bond donors (Lipinski definition) is 3. The zero-order chi connectivity index (χ0) is 18.3. The number of nitrogens with one attached hydrogen (secondary N) is 3. The van der Waals surface area contributed by atoms with E-state index in [0.717, 1.165) is 12.2 Å². The molecule has 3 N–H and O–H groups in total. The molecular weight excluding hydrogens is 447 g/mol. The Hall–Kier alpha value is -1.71. The Balaban J connectivity index is 0.00000338. The Kier molecular flexibility index (Phi) is 8.97. The summed E-state index contributed by atoms with van der Waals surface area (Å²) < 4.78 is 11.1. The van der Waals surface area contributed by atoms with Crippen LogP contribution < -0.4 is 20.7 Å². The van der Waals surface area contributed by atoms with E-state index in [1.807, 2.05) is 39.0 Å². The first-order chi connectivity index (χ1) is 11.9. The first-order valence-corrected chi connectivity index (χ1v) is 8.53. The minimum atomic E-state index is -0.492. The molecule has 8 heteroatoms. The van der Waals surface area contributed by atoms with Gasteiger partial charge in [0.25, 0.3) is 0 Å². The van der Waals surface area contributed by atoms with Crippen LogP contribution in [0.3, 0.4) is 0 Å². The number of aliphatic imine (C=N–C) groups is 1. The normalized spacial score (nSPS) is 16.0. The summed E-state index contributed by atoms with van der Waals surface area (Å²) in [7, 11) is 1.71. The van der Waals surface area contributed by atoms with Gasteiger partial charge in [0, 0.05) is 26.6 Å². The molecule has 2 rings (SSSR count). The van der Waals surface area contributed by atoms with Crippen LogP contribution in [0.4, 0.5) is 4.79 Å². The van der Waals surface area contributed by atoms with Gasteiger partial charge in [0.2, 0.25) is 0 Å². The first kappa shape index (κ1) is 22.3. The lowest BCUT2D eigenvalue weighted by Crippen LogP contribution is -2.45. The van der Waals surface area contributed by atoms with Crippen molar-refractivity contribution in [2.75, 3.05) is 26.7 Å². The molecule has 0 spiro atoms. The average Bonchev–Trinajstić information content (AvgIpc) is 2.95. The lowest BCUT2D eigenvalue weighted by Gasteiger charge is -2.20. The molecule has 1 aliphatic rings. The predicted octanol–water partition coefficient (Wildman–Crippen LogP) is 2.30. The molecule has 0 bridgehead atoms. The van der Waals surface area contributed by atoms with Gasteiger partial charge in [0.1, 0.15) is 17.5 Å². The van der Waals surface area contributed by atoms with Gasteiger partial charge in [-0.05, 0) is 32.4 Å². The van der Waals surface area contributed by atoms with Crippen molar-refractivity contribution in [1.82, 2.24) is 16.0 Å². The van der Waals surface area contributed by atoms with Crippen LogP contribution in [0.5, 0.6) is 5.75 Å². The van der Waals surface area contributed by atoms with Crippen LogP contribution in [0.2, 0.25) is 0 Å². The fraction of sp³-hybridized carbons (Fsp3) is 0.556. The Morgan fingerprint density at radius 1 is 1.23 bits per heavy atom. The molecule has 1 amide bonds. The monoisotopic (exact) mass is 476 g/mol. The number of rotatable bonds is 5. The summed E-state index contributed by atoms with van der Waals surface area (Å²) in [6.45, 7) is 7.15. The van der Waals surface area contributed by atoms with Crippen LogP contribution >= 0.6 is 24.0 Å². The van der Waals surface area contributed by atoms with Gasteiger partial charge in [-0.2, -0.15) is 0 Å². The summed E-state index contributed by atoms with van der Waals surface area (Å²) in [5.41, 5.74) is 0.743. The quantitative estimate of drug-likeness (QED) is 0.263. The maximum Gasteiger partial charge on any atom is 0.407 e. The molecule has 1 heterocycles. The van der Waals surface area contributed by atoms with Gasteiger partial charge in [-0.1, -0.05) is 18.2 Å². The average molecular weight is 476 g/mol. The van der Waals surface area contributed by atoms with Crippen LogP contribution in [0.15, 0.2) is 29.3 Å². The van der Waals surface area contributed by atoms with E-state index in [-0.39, 0.29) is 30.1 Å². The van der Waals surface area contributed by atoms with Crippen LogP contribution in [0.1, 0.15) is 26.3 Å². The van der Waals surface area contributed by atoms with Crippen molar-refractivity contribution in [1.29, 1.82) is 0 Å². The predicted molar refractivity (Wildman–Crippen MR) is 114 cm³/mol. The van der Waals surface area contributed by atoms with Crippen molar-refractivity contribution in [3.05, 3.63) is 29.8 Å². The van der Waals surface area contributed by atoms with Crippen molar-refractivity contribution in [3.63, 3.8) is 0 Å². The highest BCUT2D eigenvalue weighted by atomic mass is 127. The highest BCUT2D eigenvalue weighted by Crippen LogP contribution is 2.27. The van der Waals surface area contributed by atoms with Gasteiger partial charge in [-0.25, -0.2) is 4.79 Å². The number of carbonyl (C=O) groups excluding carboxylic acids is 1. The minimum Gasteiger partial charge on any atom is -0.488 e. The van der Waals surface area contributed by atoms with E-state index in [9.17, 15) is 4.79 Å². The van der Waals surface area contributed by atoms with Gasteiger partial charge in [-0.3, -0.25) is 4.99 Å². The van der Waals surface area contributed by atoms with Crippen LogP contribution in [-0.2, 0) is 11.2 Å². The van der Waals surface area contributed by atoms with Crippen LogP contribution in [-0.4, -0.2) is 50.4 Å². The Morgan fingerprint density at radius 3 is 2.58 bits per heavy atom. The number of guanidine groups is 1. The number of para-hydroxylation sites is 1. The third-order valence-corrected chi connectivity index (χ3v) is 3.52. The number of alkyl carbamates (subject to hydrolysis) is 1. The third kappa shape index (κ3) is 7.67. The molecule has 1 unspecified atom stereocenters. The fourth-order valence-electron chi connectivity index (χ4n) is 2.46. The molecule has 0 fully saturated rings. The van der Waals surface area contributed by atoms with E-state index in [4.69, 9.17) is 9.47 Å². The van der Waals surface area contributed by atoms with Crippen LogP contribution in [0, 0.1) is 0 Å². The molecule has 0 aromatic heterocycles. The van der Waals surface area contributed by atoms with Gasteiger partial charge < -0.3 is 25.4 Å². The standard InChI is InChI=1S/C18H28N4O3.HI/c1-18(2,3)25-17(23)21-10-9-20-16(19-4)22-12-14-11-13-7-5-6-8-15(13)24-14;/h5-8,14H,9-12H2,1-4H3,(H,21,23)(H2,19,20,22);1H. The summed E-state index contributed by atoms with van der Waals surface area (Å²) in [5.74, 6) is 1.63. The SMILES string of the molecule is CN=C(NCCNC(=O)OC(C)(C)C)NCC1Cc2ccccc2O1.I. The molecule has 26 heavy (non-hydrogen) atoms. The van der Waals surface area contributed by atoms with Gasteiger partial charge in [-0.15, -0.1) is 24.0 Å². The second kappa shape index (κ2) is 10.4. The number of amides is 1. The number of nitrogens with zero attached hydrogens (tertiary/aromatic N) is 1. The lowest BCUT2D eigenvalue weighted by molar-refractivity contribution is 0.0529. The molecule has 1 aliphatic heterocycles. The highest BCUT2D eigenvalue weighted by molar-refractivity contribution is 14.0. The molecule has 0 saturated carbocycles. The number of carbonyl (C=O) groups is 1. The van der Waals surface area contributed by atoms with E-state index in [0.29, 0.717) is 25.6 Å². The second-order valence-corrected chi connectivity index (χ2v) is 6.86. The van der Waals surface area contributed by atoms with Gasteiger partial charge >= 0.3 is 6.09 Å². The van der Waals surface area contributed by atoms with Gasteiger partial charge in [0.05, 0.1) is 6.54 Å². The lowest BCUT2D eigenvalue weighted by atomic mass is 10.1. The number of ether oxygens (including phenoxy) is 2. The topological polar surface area (TPSA) is 84.0 Å². The number of halogens is 1. The molecule has 0 aliphatic carbocycles. The highest BCUT2D eigenvalue weighted by Gasteiger charge is 2.22. The minimum absolute atomic E-state index is 0. The molecule has 1 aromatic rings. The molecule has 0 radical (unpaired) electrons. The summed E-state index contributed by atoms with van der Waals surface area (Å²) in [6, 6.07) is 8.08. The smallest absolute Gasteiger partial charge is 0.407 e. The van der Waals surface area contributed by atoms with Crippen molar-refractivity contribution in [3.8, 4) is 5.75 Å². The maximum absolute atomic E-state index is 11.6. The fourth-order valence-corrected chi connectivity index (χ4v) is 2.46. The molecule has 0 saturated heterocycles. The van der Waals surface area contributed by atoms with Crippen molar-refractivity contribution in [2.45, 2.75) is 38.9 Å². The third-order valence-electron chi connectivity index (χ3n) is 3.52. The summed E-state index contributed by atoms with van der Waals surface area (Å²) in [6.07, 6.45) is 0.561. The Morgan fingerprint density at radius 2 is 1.92 bits per heavy atom. The summed E-state index contributed by atoms with van der Waals surface area (Å²) in [4.78, 5) is 15.7. The summed E-state index contributed by atoms with van der Waals surface area (Å²) in [5, 5.41) is 9.08. The first-order valence-electron chi connectivity index (χ1n) is 8.53. The van der Waals surface area contributed by atoms with Crippen molar-refractivity contribution < 1.29 is 14.3 Å². The Bertz CT molecular complexity index is 592. The van der Waals surface area contributed by atoms with Gasteiger partial charge in [0.15, 0.2) is 5.96 Å². The number of benzene rings is 1. The van der Waals surface area contributed by atoms with Crippen molar-refractivity contribution in [2.24, 2.45) is 4.99 Å². The van der Waals surface area contributed by atoms with E-state index in [1.165, 1.54) is 5.56 Å². The van der Waals surface area contributed by atoms with E-state index >= 15 is 0 Å². The maximum atomic E-state index is 11.6. The molecule has 146 valence electrons. The summed E-state index contributed by atoms with van der Waals surface area (Å²) >= 11 is 0. The Labute approximate surface area is 172 Å². The molecule has 1 atom stereocenters. The van der Waals surface area contributed by atoms with Crippen molar-refractivity contribution >= 4 is 36.0 Å². The van der Waals surface area contributed by atoms with Crippen LogP contribution in [0.25, 0.3) is 0 Å². The zero-order valence-corrected chi connectivity index (χ0v) is 18.1.